The number of benzene rings is 1. The van der Waals surface area contributed by atoms with Gasteiger partial charge < -0.3 is 9.47 Å². The normalized spacial score (nSPS) is 17.1. The third kappa shape index (κ3) is 2.31. The van der Waals surface area contributed by atoms with Gasteiger partial charge in [0.05, 0.1) is 29.0 Å². The molecule has 20 heavy (non-hydrogen) atoms. The van der Waals surface area contributed by atoms with E-state index in [1.807, 2.05) is 6.07 Å². The molecular weight excluding hydrogens is 256 g/mol. The van der Waals surface area contributed by atoms with Crippen LogP contribution in [0.25, 0.3) is 10.9 Å². The van der Waals surface area contributed by atoms with Gasteiger partial charge in [-0.1, -0.05) is 0 Å². The molecule has 5 heteroatoms. The van der Waals surface area contributed by atoms with Crippen molar-refractivity contribution in [2.45, 2.75) is 25.7 Å². The van der Waals surface area contributed by atoms with Crippen molar-refractivity contribution in [2.24, 2.45) is 0 Å². The van der Waals surface area contributed by atoms with Crippen LogP contribution in [0.15, 0.2) is 18.2 Å². The van der Waals surface area contributed by atoms with E-state index in [1.54, 1.807) is 13.0 Å². The van der Waals surface area contributed by atoms with Crippen LogP contribution in [0.2, 0.25) is 0 Å². The fourth-order valence-corrected chi connectivity index (χ4v) is 2.13. The number of esters is 1. The van der Waals surface area contributed by atoms with E-state index in [4.69, 9.17) is 13.6 Å². The molecule has 0 radical (unpaired) electrons. The second-order valence-corrected chi connectivity index (χ2v) is 4.78. The fraction of sp³-hybridized carbons (Fsp3) is 0.400. The Kier molecular flexibility index (Phi) is 2.46. The molecule has 0 aliphatic heterocycles. The van der Waals surface area contributed by atoms with Crippen molar-refractivity contribution in [1.82, 2.24) is 10.2 Å². The predicted octanol–water partition coefficient (Wildman–Crippen LogP) is 2.69. The molecule has 1 aromatic carbocycles. The summed E-state index contributed by atoms with van der Waals surface area (Å²) in [5.74, 6) is -0.139. The Labute approximate surface area is 121 Å². The Bertz CT molecular complexity index is 757. The molecule has 1 aromatic heterocycles. The second kappa shape index (κ2) is 5.07. The second-order valence-electron chi connectivity index (χ2n) is 4.78. The van der Waals surface area contributed by atoms with Crippen LogP contribution in [-0.2, 0) is 4.74 Å². The molecule has 2 aromatic rings. The van der Waals surface area contributed by atoms with Crippen LogP contribution < -0.4 is 4.74 Å². The lowest BCUT2D eigenvalue weighted by atomic mass is 10.1. The average molecular weight is 275 g/mol. The molecule has 1 fully saturated rings. The van der Waals surface area contributed by atoms with E-state index in [9.17, 15) is 4.79 Å². The average Bonchev–Trinajstić information content (AvgIpc) is 3.29. The lowest BCUT2D eigenvalue weighted by Gasteiger charge is -2.08. The summed E-state index contributed by atoms with van der Waals surface area (Å²) >= 11 is 0. The topological polar surface area (TPSA) is 61.3 Å². The van der Waals surface area contributed by atoms with Crippen molar-refractivity contribution in [3.63, 3.8) is 0 Å². The van der Waals surface area contributed by atoms with Crippen molar-refractivity contribution < 1.29 is 18.4 Å². The molecule has 1 aliphatic carbocycles. The summed E-state index contributed by atoms with van der Waals surface area (Å²) in [7, 11) is -2.64. The van der Waals surface area contributed by atoms with Gasteiger partial charge in [-0.15, -0.1) is 5.10 Å². The van der Waals surface area contributed by atoms with Gasteiger partial charge in [0, 0.05) is 11.3 Å². The number of ether oxygens (including phenoxy) is 2. The molecular formula is C15H16N2O3. The van der Waals surface area contributed by atoms with E-state index < -0.39 is 13.0 Å². The van der Waals surface area contributed by atoms with Gasteiger partial charge in [-0.3, -0.25) is 0 Å². The number of aromatic nitrogens is 2. The molecule has 0 atom stereocenters. The summed E-state index contributed by atoms with van der Waals surface area (Å²) in [5.41, 5.74) is 1.39. The minimum absolute atomic E-state index is 0.000370. The molecule has 0 bridgehead atoms. The Balaban J connectivity index is 2.11. The third-order valence-electron chi connectivity index (χ3n) is 3.29. The third-order valence-corrected chi connectivity index (χ3v) is 3.29. The van der Waals surface area contributed by atoms with Gasteiger partial charge in [0.2, 0.25) is 0 Å². The van der Waals surface area contributed by atoms with Gasteiger partial charge in [0.25, 0.3) is 0 Å². The molecule has 1 aliphatic rings. The first-order chi connectivity index (χ1) is 10.9. The maximum atomic E-state index is 12.0. The van der Waals surface area contributed by atoms with E-state index in [-0.39, 0.29) is 17.9 Å². The van der Waals surface area contributed by atoms with E-state index >= 15 is 0 Å². The summed E-state index contributed by atoms with van der Waals surface area (Å²) in [4.78, 5) is 12.0. The van der Waals surface area contributed by atoms with E-state index in [2.05, 4.69) is 10.2 Å². The lowest BCUT2D eigenvalue weighted by Crippen LogP contribution is -2.05. The van der Waals surface area contributed by atoms with Gasteiger partial charge in [-0.25, -0.2) is 4.79 Å². The minimum Gasteiger partial charge on any atom is -0.494 e. The zero-order valence-electron chi connectivity index (χ0n) is 14.0. The zero-order valence-corrected chi connectivity index (χ0v) is 11.0. The van der Waals surface area contributed by atoms with E-state index in [1.165, 1.54) is 6.07 Å². The van der Waals surface area contributed by atoms with Crippen molar-refractivity contribution in [1.29, 1.82) is 0 Å². The number of nitrogens with zero attached hydrogens (tertiary/aromatic N) is 2. The number of rotatable bonds is 4. The quantitative estimate of drug-likeness (QED) is 0.803. The molecule has 1 heterocycles. The van der Waals surface area contributed by atoms with Crippen LogP contribution in [-0.4, -0.2) is 29.8 Å². The molecule has 3 rings (SSSR count). The van der Waals surface area contributed by atoms with Gasteiger partial charge in [0.1, 0.15) is 11.3 Å². The number of methoxy groups -OCH3 is 1. The largest absolute Gasteiger partial charge is 0.494 e. The SMILES string of the molecule is [2H]C([2H])([2H])Oc1cc(C(=O)OCC)cc2cc(C3CC3)nnc12. The van der Waals surface area contributed by atoms with Gasteiger partial charge in [0.15, 0.2) is 0 Å². The number of carbonyl (C=O) groups excluding carboxylic acids is 1. The summed E-state index contributed by atoms with van der Waals surface area (Å²) in [6.45, 7) is 1.93. The summed E-state index contributed by atoms with van der Waals surface area (Å²) in [5, 5.41) is 8.85. The Morgan fingerprint density at radius 2 is 2.25 bits per heavy atom. The Morgan fingerprint density at radius 3 is 2.95 bits per heavy atom. The molecule has 0 spiro atoms. The van der Waals surface area contributed by atoms with Gasteiger partial charge >= 0.3 is 5.97 Å². The van der Waals surface area contributed by atoms with Gasteiger partial charge in [-0.2, -0.15) is 5.10 Å². The molecule has 0 unspecified atom stereocenters. The first kappa shape index (κ1) is 9.69. The monoisotopic (exact) mass is 275 g/mol. The molecule has 104 valence electrons. The molecule has 5 nitrogen and oxygen atoms in total. The highest BCUT2D eigenvalue weighted by Crippen LogP contribution is 2.40. The van der Waals surface area contributed by atoms with Gasteiger partial charge in [-0.05, 0) is 38.0 Å². The number of hydrogen-bond acceptors (Lipinski definition) is 5. The molecule has 0 amide bonds. The first-order valence-electron chi connectivity index (χ1n) is 8.05. The maximum Gasteiger partial charge on any atom is 0.338 e. The molecule has 1 saturated carbocycles. The van der Waals surface area contributed by atoms with Crippen molar-refractivity contribution in [2.75, 3.05) is 13.6 Å². The van der Waals surface area contributed by atoms with Crippen LogP contribution in [0, 0.1) is 0 Å². The number of fused-ring (bicyclic) bond motifs is 1. The maximum absolute atomic E-state index is 12.0. The predicted molar refractivity (Wildman–Crippen MR) is 74.0 cm³/mol. The van der Waals surface area contributed by atoms with Crippen LogP contribution >= 0.6 is 0 Å². The van der Waals surface area contributed by atoms with Crippen molar-refractivity contribution >= 4 is 16.9 Å². The van der Waals surface area contributed by atoms with Crippen molar-refractivity contribution in [3.05, 3.63) is 29.5 Å². The summed E-state index contributed by atoms with van der Waals surface area (Å²) in [6.07, 6.45) is 2.13. The first-order valence-corrected chi connectivity index (χ1v) is 6.55. The van der Waals surface area contributed by atoms with Crippen LogP contribution in [0.1, 0.15) is 45.8 Å². The van der Waals surface area contributed by atoms with Crippen LogP contribution in [0.3, 0.4) is 0 Å². The highest BCUT2D eigenvalue weighted by atomic mass is 16.5. The smallest absolute Gasteiger partial charge is 0.338 e. The minimum atomic E-state index is -2.64. The van der Waals surface area contributed by atoms with Crippen LogP contribution in [0.4, 0.5) is 0 Å². The summed E-state index contributed by atoms with van der Waals surface area (Å²) < 4.78 is 31.8. The standard InChI is InChI=1S/C15H16N2O3/c1-3-20-15(18)11-6-10-7-12(9-4-5-9)16-17-14(10)13(8-11)19-2/h6-9H,3-5H2,1-2H3/i2D3. The number of hydrogen-bond donors (Lipinski definition) is 0. The fourth-order valence-electron chi connectivity index (χ4n) is 2.13. The molecule has 0 saturated heterocycles. The zero-order chi connectivity index (χ0) is 16.6. The molecule has 0 N–H and O–H groups in total. The number of carbonyl (C=O) groups is 1. The van der Waals surface area contributed by atoms with Crippen molar-refractivity contribution in [3.8, 4) is 5.75 Å². The highest BCUT2D eigenvalue weighted by Gasteiger charge is 2.26. The van der Waals surface area contributed by atoms with Crippen LogP contribution in [0.5, 0.6) is 5.75 Å². The van der Waals surface area contributed by atoms with E-state index in [0.29, 0.717) is 16.8 Å². The Morgan fingerprint density at radius 1 is 1.40 bits per heavy atom. The summed E-state index contributed by atoms with van der Waals surface area (Å²) in [6, 6.07) is 4.79. The Hall–Kier alpha value is -2.17. The lowest BCUT2D eigenvalue weighted by molar-refractivity contribution is 0.0526. The van der Waals surface area contributed by atoms with E-state index in [0.717, 1.165) is 18.5 Å². The highest BCUT2D eigenvalue weighted by molar-refractivity contribution is 5.97.